The number of anilines is 1. The maximum Gasteiger partial charge on any atom is 0.0935 e. The minimum atomic E-state index is 0.428. The first-order valence-electron chi connectivity index (χ1n) is 5.15. The topological polar surface area (TPSA) is 24.4 Å². The van der Waals surface area contributed by atoms with Crippen molar-refractivity contribution in [1.82, 2.24) is 0 Å². The van der Waals surface area contributed by atoms with Crippen LogP contribution in [0.1, 0.15) is 5.56 Å². The summed E-state index contributed by atoms with van der Waals surface area (Å²) >= 11 is 17.8. The van der Waals surface area contributed by atoms with E-state index in [0.717, 1.165) is 5.56 Å². The van der Waals surface area contributed by atoms with Crippen molar-refractivity contribution in [3.63, 3.8) is 0 Å². The lowest BCUT2D eigenvalue weighted by molar-refractivity contribution is 1.35. The first-order valence-corrected chi connectivity index (χ1v) is 6.29. The molecule has 0 aliphatic heterocycles. The van der Waals surface area contributed by atoms with Gasteiger partial charge in [-0.15, -0.1) is 0 Å². The number of hydrazone groups is 1. The van der Waals surface area contributed by atoms with Gasteiger partial charge in [0.1, 0.15) is 0 Å². The van der Waals surface area contributed by atoms with Gasteiger partial charge in [0.05, 0.1) is 21.9 Å². The number of hydrogen-bond acceptors (Lipinski definition) is 2. The fourth-order valence-corrected chi connectivity index (χ4v) is 2.26. The Kier molecular flexibility index (Phi) is 4.48. The summed E-state index contributed by atoms with van der Waals surface area (Å²) in [6.45, 7) is 0. The van der Waals surface area contributed by atoms with Crippen LogP contribution in [0.3, 0.4) is 0 Å². The number of nitrogens with one attached hydrogen (secondary N) is 1. The minimum absolute atomic E-state index is 0.428. The van der Waals surface area contributed by atoms with Crippen LogP contribution in [0, 0.1) is 0 Å². The molecule has 0 saturated heterocycles. The van der Waals surface area contributed by atoms with Gasteiger partial charge in [-0.1, -0.05) is 65.1 Å². The average molecular weight is 300 g/mol. The van der Waals surface area contributed by atoms with Gasteiger partial charge < -0.3 is 0 Å². The molecular weight excluding hydrogens is 291 g/mol. The van der Waals surface area contributed by atoms with Crippen LogP contribution in [0.2, 0.25) is 15.1 Å². The zero-order chi connectivity index (χ0) is 13.0. The molecular formula is C13H9Cl3N2. The van der Waals surface area contributed by atoms with Crippen LogP contribution in [-0.2, 0) is 0 Å². The lowest BCUT2D eigenvalue weighted by atomic mass is 10.2. The Morgan fingerprint density at radius 2 is 1.56 bits per heavy atom. The van der Waals surface area contributed by atoms with Gasteiger partial charge in [0.25, 0.3) is 0 Å². The predicted octanol–water partition coefficient (Wildman–Crippen LogP) is 5.09. The Balaban J connectivity index is 2.14. The zero-order valence-corrected chi connectivity index (χ0v) is 11.5. The van der Waals surface area contributed by atoms with Gasteiger partial charge in [-0.25, -0.2) is 0 Å². The fourth-order valence-electron chi connectivity index (χ4n) is 1.36. The Hall–Kier alpha value is -1.22. The molecule has 18 heavy (non-hydrogen) atoms. The average Bonchev–Trinajstić information content (AvgIpc) is 2.34. The monoisotopic (exact) mass is 298 g/mol. The number of benzene rings is 2. The molecule has 2 nitrogen and oxygen atoms in total. The van der Waals surface area contributed by atoms with Gasteiger partial charge in [-0.05, 0) is 17.7 Å². The molecule has 0 aliphatic rings. The molecule has 0 aliphatic carbocycles. The molecule has 5 heteroatoms. The fraction of sp³-hybridized carbons (Fsp3) is 0. The summed E-state index contributed by atoms with van der Waals surface area (Å²) in [7, 11) is 0. The summed E-state index contributed by atoms with van der Waals surface area (Å²) in [4.78, 5) is 0. The van der Waals surface area contributed by atoms with E-state index >= 15 is 0 Å². The van der Waals surface area contributed by atoms with Crippen molar-refractivity contribution in [2.45, 2.75) is 0 Å². The van der Waals surface area contributed by atoms with Crippen molar-refractivity contribution in [2.75, 3.05) is 5.43 Å². The van der Waals surface area contributed by atoms with Crippen LogP contribution in [0.4, 0.5) is 5.69 Å². The third kappa shape index (κ3) is 3.39. The molecule has 0 heterocycles. The highest BCUT2D eigenvalue weighted by atomic mass is 35.5. The number of hydrogen-bond donors (Lipinski definition) is 1. The van der Waals surface area contributed by atoms with E-state index in [2.05, 4.69) is 10.5 Å². The second-order valence-corrected chi connectivity index (χ2v) is 4.78. The maximum atomic E-state index is 6.01. The van der Waals surface area contributed by atoms with E-state index in [4.69, 9.17) is 34.8 Å². The van der Waals surface area contributed by atoms with Crippen molar-refractivity contribution in [3.05, 3.63) is 63.1 Å². The van der Waals surface area contributed by atoms with E-state index in [1.807, 2.05) is 30.3 Å². The van der Waals surface area contributed by atoms with Crippen molar-refractivity contribution >= 4 is 46.7 Å². The SMILES string of the molecule is Clc1cc(Cl)c(N/N=C/c2ccccc2)c(Cl)c1. The van der Waals surface area contributed by atoms with E-state index in [1.54, 1.807) is 18.3 Å². The minimum Gasteiger partial charge on any atom is -0.275 e. The molecule has 0 bridgehead atoms. The van der Waals surface area contributed by atoms with Gasteiger partial charge in [0, 0.05) is 5.02 Å². The second-order valence-electron chi connectivity index (χ2n) is 3.53. The summed E-state index contributed by atoms with van der Waals surface area (Å²) in [5.41, 5.74) is 4.32. The molecule has 92 valence electrons. The first-order chi connectivity index (χ1) is 8.66. The molecule has 0 atom stereocenters. The summed E-state index contributed by atoms with van der Waals surface area (Å²) in [6.07, 6.45) is 1.68. The molecule has 0 radical (unpaired) electrons. The standard InChI is InChI=1S/C13H9Cl3N2/c14-10-6-11(15)13(12(16)7-10)18-17-8-9-4-2-1-3-5-9/h1-8,18H/b17-8+. The van der Waals surface area contributed by atoms with Gasteiger partial charge in [0.15, 0.2) is 0 Å². The number of rotatable bonds is 3. The van der Waals surface area contributed by atoms with Crippen molar-refractivity contribution in [1.29, 1.82) is 0 Å². The van der Waals surface area contributed by atoms with Gasteiger partial charge >= 0.3 is 0 Å². The van der Waals surface area contributed by atoms with Crippen LogP contribution in [0.5, 0.6) is 0 Å². The van der Waals surface area contributed by atoms with Crippen LogP contribution in [0.15, 0.2) is 47.6 Å². The molecule has 0 fully saturated rings. The molecule has 2 aromatic rings. The Morgan fingerprint density at radius 3 is 2.17 bits per heavy atom. The van der Waals surface area contributed by atoms with E-state index in [9.17, 15) is 0 Å². The summed E-state index contributed by atoms with van der Waals surface area (Å²) in [5, 5.41) is 5.42. The highest BCUT2D eigenvalue weighted by molar-refractivity contribution is 6.41. The van der Waals surface area contributed by atoms with E-state index < -0.39 is 0 Å². The zero-order valence-electron chi connectivity index (χ0n) is 9.20. The van der Waals surface area contributed by atoms with Crippen LogP contribution >= 0.6 is 34.8 Å². The van der Waals surface area contributed by atoms with Crippen molar-refractivity contribution in [3.8, 4) is 0 Å². The first kappa shape index (κ1) is 13.2. The second kappa shape index (κ2) is 6.10. The number of nitrogens with zero attached hydrogens (tertiary/aromatic N) is 1. The van der Waals surface area contributed by atoms with Crippen LogP contribution in [-0.4, -0.2) is 6.21 Å². The van der Waals surface area contributed by atoms with Gasteiger partial charge in [-0.3, -0.25) is 5.43 Å². The molecule has 0 amide bonds. The highest BCUT2D eigenvalue weighted by Gasteiger charge is 2.06. The third-order valence-electron chi connectivity index (χ3n) is 2.20. The number of halogens is 3. The molecule has 2 aromatic carbocycles. The van der Waals surface area contributed by atoms with Crippen LogP contribution < -0.4 is 5.43 Å². The Labute approximate surface area is 120 Å². The molecule has 0 aromatic heterocycles. The Bertz CT molecular complexity index is 545. The predicted molar refractivity (Wildman–Crippen MR) is 79.1 cm³/mol. The Morgan fingerprint density at radius 1 is 0.944 bits per heavy atom. The summed E-state index contributed by atoms with van der Waals surface area (Å²) in [5.74, 6) is 0. The summed E-state index contributed by atoms with van der Waals surface area (Å²) < 4.78 is 0. The molecule has 0 unspecified atom stereocenters. The molecule has 0 spiro atoms. The molecule has 1 N–H and O–H groups in total. The van der Waals surface area contributed by atoms with E-state index in [-0.39, 0.29) is 0 Å². The van der Waals surface area contributed by atoms with Crippen molar-refractivity contribution < 1.29 is 0 Å². The van der Waals surface area contributed by atoms with E-state index in [1.165, 1.54) is 0 Å². The molecule has 2 rings (SSSR count). The van der Waals surface area contributed by atoms with Gasteiger partial charge in [0.2, 0.25) is 0 Å². The quantitative estimate of drug-likeness (QED) is 0.619. The van der Waals surface area contributed by atoms with Crippen molar-refractivity contribution in [2.24, 2.45) is 5.10 Å². The highest BCUT2D eigenvalue weighted by Crippen LogP contribution is 2.33. The largest absolute Gasteiger partial charge is 0.275 e. The molecule has 0 saturated carbocycles. The lowest BCUT2D eigenvalue weighted by Crippen LogP contribution is -1.92. The normalized spacial score (nSPS) is 10.8. The van der Waals surface area contributed by atoms with E-state index in [0.29, 0.717) is 20.8 Å². The summed E-state index contributed by atoms with van der Waals surface area (Å²) in [6, 6.07) is 12.9. The maximum absolute atomic E-state index is 6.01. The van der Waals surface area contributed by atoms with Gasteiger partial charge in [-0.2, -0.15) is 5.10 Å². The smallest absolute Gasteiger partial charge is 0.0935 e. The third-order valence-corrected chi connectivity index (χ3v) is 3.01. The lowest BCUT2D eigenvalue weighted by Gasteiger charge is -2.06. The van der Waals surface area contributed by atoms with Crippen LogP contribution in [0.25, 0.3) is 0 Å².